The van der Waals surface area contributed by atoms with E-state index in [1.807, 2.05) is 17.1 Å². The van der Waals surface area contributed by atoms with Crippen LogP contribution in [0.3, 0.4) is 0 Å². The summed E-state index contributed by atoms with van der Waals surface area (Å²) >= 11 is 6.13. The van der Waals surface area contributed by atoms with Gasteiger partial charge in [-0.25, -0.2) is 14.2 Å². The van der Waals surface area contributed by atoms with E-state index < -0.39 is 5.60 Å². The van der Waals surface area contributed by atoms with Crippen LogP contribution in [0.15, 0.2) is 48.8 Å². The van der Waals surface area contributed by atoms with Gasteiger partial charge in [-0.2, -0.15) is 0 Å². The number of carbonyl (C=O) groups is 3. The largest absolute Gasteiger partial charge is 0.469 e. The van der Waals surface area contributed by atoms with E-state index in [-0.39, 0.29) is 46.8 Å². The lowest BCUT2D eigenvalue weighted by atomic mass is 9.43. The third-order valence-corrected chi connectivity index (χ3v) is 26.3. The number of aliphatic hydroxyl groups is 1. The van der Waals surface area contributed by atoms with Crippen LogP contribution in [0, 0.1) is 86.8 Å². The quantitative estimate of drug-likeness (QED) is 0.0455. The van der Waals surface area contributed by atoms with Gasteiger partial charge in [0.05, 0.1) is 38.8 Å². The smallest absolute Gasteiger partial charge is 0.328 e. The fourth-order valence-corrected chi connectivity index (χ4v) is 21.0. The van der Waals surface area contributed by atoms with Crippen molar-refractivity contribution in [2.45, 2.75) is 215 Å². The number of nitrogens with zero attached hydrogens (tertiary/aromatic N) is 7. The molecule has 2 N–H and O–H groups in total. The maximum absolute atomic E-state index is 13.6. The molecule has 9 unspecified atom stereocenters. The third-order valence-electron chi connectivity index (χ3n) is 26.2. The summed E-state index contributed by atoms with van der Waals surface area (Å²) in [5.41, 5.74) is 5.66. The van der Waals surface area contributed by atoms with Gasteiger partial charge < -0.3 is 23.9 Å². The molecule has 16 heteroatoms. The minimum atomic E-state index is -0.844. The zero-order chi connectivity index (χ0) is 60.5. The molecule has 2 aromatic carbocycles. The number of esters is 3. The van der Waals surface area contributed by atoms with E-state index >= 15 is 0 Å². The molecular weight excluding hydrogens is 1100 g/mol. The number of rotatable bonds is 19. The number of hydrogen-bond acceptors (Lipinski definition) is 12. The Labute approximate surface area is 515 Å². The molecule has 5 aromatic rings. The van der Waals surface area contributed by atoms with Crippen molar-refractivity contribution in [1.29, 1.82) is 0 Å². The second-order valence-corrected chi connectivity index (χ2v) is 30.6. The van der Waals surface area contributed by atoms with E-state index in [4.69, 9.17) is 31.1 Å². The first-order valence-corrected chi connectivity index (χ1v) is 33.8. The Morgan fingerprint density at radius 2 is 1.31 bits per heavy atom. The zero-order valence-electron chi connectivity index (χ0n) is 53.1. The van der Waals surface area contributed by atoms with Crippen molar-refractivity contribution in [2.75, 3.05) is 20.8 Å². The highest BCUT2D eigenvalue weighted by atomic mass is 35.5. The van der Waals surface area contributed by atoms with Gasteiger partial charge >= 0.3 is 17.9 Å². The minimum absolute atomic E-state index is 0.00624. The number of fused-ring (bicyclic) bond motifs is 11. The van der Waals surface area contributed by atoms with E-state index in [1.165, 1.54) is 84.8 Å². The maximum atomic E-state index is 13.6. The molecule has 468 valence electrons. The van der Waals surface area contributed by atoms with Gasteiger partial charge in [0.2, 0.25) is 0 Å². The Morgan fingerprint density at radius 1 is 0.686 bits per heavy atom. The first kappa shape index (κ1) is 61.4. The molecule has 3 heterocycles. The van der Waals surface area contributed by atoms with E-state index in [0.29, 0.717) is 90.9 Å². The third kappa shape index (κ3) is 11.4. The number of halogens is 1. The van der Waals surface area contributed by atoms with Crippen LogP contribution in [-0.2, 0) is 48.2 Å². The summed E-state index contributed by atoms with van der Waals surface area (Å²) in [5.74, 6) is 6.40. The van der Waals surface area contributed by atoms with Crippen molar-refractivity contribution in [2.24, 2.45) is 86.8 Å². The van der Waals surface area contributed by atoms with E-state index in [2.05, 4.69) is 110 Å². The van der Waals surface area contributed by atoms with Gasteiger partial charge in [-0.05, 0) is 233 Å². The van der Waals surface area contributed by atoms with Crippen molar-refractivity contribution in [3.8, 4) is 22.5 Å². The SMILES string of the molecule is COC(=O)CC[C@@H](C)C(C)C1(C)CCC2[C@@H](CC[C@H]3C[C@H](OC(=O)Cn4cc(-c5ccc6c7ccc(-c8cn(C[C@]9(O)CCC%10(C)C(CC[C@@H]%11C%10CCC%10(C)C([C@H](C)CCC(=O)OC)CC[C@@H]%11%10)C9)nn8)cc7n(CCNCl)c6c5)nn4)CCC23C)C1. The predicted molar refractivity (Wildman–Crippen MR) is 335 cm³/mol. The number of nitrogens with one attached hydrogen (secondary N) is 1. The van der Waals surface area contributed by atoms with Gasteiger partial charge in [0.1, 0.15) is 24.0 Å². The first-order chi connectivity index (χ1) is 41.2. The summed E-state index contributed by atoms with van der Waals surface area (Å²) in [6, 6.07) is 12.8. The van der Waals surface area contributed by atoms with E-state index in [9.17, 15) is 19.5 Å². The second kappa shape index (κ2) is 24.2. The van der Waals surface area contributed by atoms with Crippen molar-refractivity contribution in [3.05, 3.63) is 48.8 Å². The Balaban J connectivity index is 0.664. The molecule has 86 heavy (non-hydrogen) atoms. The Kier molecular flexibility index (Phi) is 17.2. The molecule has 0 spiro atoms. The molecule has 12 rings (SSSR count). The normalized spacial score (nSPS) is 35.1. The van der Waals surface area contributed by atoms with Gasteiger partial charge in [-0.1, -0.05) is 83.2 Å². The van der Waals surface area contributed by atoms with Crippen LogP contribution in [-0.4, -0.2) is 90.0 Å². The molecule has 0 amide bonds. The van der Waals surface area contributed by atoms with Crippen molar-refractivity contribution in [1.82, 2.24) is 39.4 Å². The summed E-state index contributed by atoms with van der Waals surface area (Å²) in [5, 5.41) is 33.0. The zero-order valence-corrected chi connectivity index (χ0v) is 53.9. The van der Waals surface area contributed by atoms with Crippen molar-refractivity contribution < 1.29 is 33.7 Å². The van der Waals surface area contributed by atoms with E-state index in [1.54, 1.807) is 4.68 Å². The molecule has 0 radical (unpaired) electrons. The predicted octanol–water partition coefficient (Wildman–Crippen LogP) is 14.2. The van der Waals surface area contributed by atoms with Crippen LogP contribution in [0.1, 0.15) is 183 Å². The highest BCUT2D eigenvalue weighted by Gasteiger charge is 2.62. The van der Waals surface area contributed by atoms with Crippen LogP contribution < -0.4 is 4.84 Å². The lowest BCUT2D eigenvalue weighted by molar-refractivity contribution is -0.161. The molecule has 7 fully saturated rings. The molecule has 15 nitrogen and oxygen atoms in total. The number of ether oxygens (including phenoxy) is 3. The number of hydrogen-bond donors (Lipinski definition) is 2. The fourth-order valence-electron chi connectivity index (χ4n) is 20.9. The highest BCUT2D eigenvalue weighted by molar-refractivity contribution is 6.13. The van der Waals surface area contributed by atoms with Gasteiger partial charge in [-0.15, -0.1) is 10.2 Å². The highest BCUT2D eigenvalue weighted by Crippen LogP contribution is 2.69. The number of benzene rings is 2. The van der Waals surface area contributed by atoms with Crippen LogP contribution in [0.25, 0.3) is 44.3 Å². The summed E-state index contributed by atoms with van der Waals surface area (Å²) in [6.45, 7) is 18.9. The topological polar surface area (TPSA) is 178 Å². The Hall–Kier alpha value is -4.86. The standard InChI is InChI=1S/C70H99ClN8O7/c1-43(10-22-63(80)84-8)45(3)66(4)27-25-56-48(37-66)12-15-49-36-51(24-28-67(49,56)5)86-65(82)41-77-39-59(73-75-77)46-13-17-52-53-18-14-47(35-62(53)79(33-32-72-71)61(52)34-46)60-40-78(76-74-60)42-70(83)31-30-68(6)50(38-70)16-19-54-57-21-20-55(44(2)11-23-64(81)85-9)69(57,7)29-26-58(54)68/h13-14,17-18,34-35,39-40,43-45,48-51,54-58,72,83H,10-12,15-16,19-33,36-38,41-42H2,1-9H3/t43-,44-,45?,48+,49+,50?,51-,54+,55?,56?,57+,58?,66?,67?,68?,69?,70+/m1/s1. The molecule has 7 aliphatic rings. The average Bonchev–Trinajstić information content (AvgIpc) is 1.19. The lowest BCUT2D eigenvalue weighted by Gasteiger charge is -2.62. The summed E-state index contributed by atoms with van der Waals surface area (Å²) < 4.78 is 22.0. The summed E-state index contributed by atoms with van der Waals surface area (Å²) in [7, 11) is 2.98. The summed E-state index contributed by atoms with van der Waals surface area (Å²) in [4.78, 5) is 40.4. The maximum Gasteiger partial charge on any atom is 0.328 e. The van der Waals surface area contributed by atoms with Gasteiger partial charge in [-0.3, -0.25) is 14.4 Å². The molecule has 0 aliphatic heterocycles. The van der Waals surface area contributed by atoms with Crippen molar-refractivity contribution >= 4 is 51.5 Å². The monoisotopic (exact) mass is 1200 g/mol. The Bertz CT molecular complexity index is 3280. The number of carbonyl (C=O) groups excluding carboxylic acids is 3. The van der Waals surface area contributed by atoms with Crippen LogP contribution in [0.2, 0.25) is 0 Å². The molecule has 7 saturated carbocycles. The minimum Gasteiger partial charge on any atom is -0.469 e. The van der Waals surface area contributed by atoms with Crippen LogP contribution in [0.4, 0.5) is 0 Å². The number of methoxy groups -OCH3 is 2. The molecule has 0 saturated heterocycles. The van der Waals surface area contributed by atoms with E-state index in [0.717, 1.165) is 108 Å². The van der Waals surface area contributed by atoms with Crippen LogP contribution >= 0.6 is 11.8 Å². The van der Waals surface area contributed by atoms with Gasteiger partial charge in [0.15, 0.2) is 0 Å². The number of aromatic nitrogens is 7. The van der Waals surface area contributed by atoms with Crippen LogP contribution in [0.5, 0.6) is 0 Å². The fraction of sp³-hybridized carbons (Fsp3) is 0.729. The molecule has 0 bridgehead atoms. The average molecular weight is 1200 g/mol. The Morgan fingerprint density at radius 3 is 2.01 bits per heavy atom. The van der Waals surface area contributed by atoms with Crippen molar-refractivity contribution in [3.63, 3.8) is 0 Å². The second-order valence-electron chi connectivity index (χ2n) is 30.3. The molecule has 3 aromatic heterocycles. The first-order valence-electron chi connectivity index (χ1n) is 33.4. The van der Waals surface area contributed by atoms with Gasteiger partial charge in [0, 0.05) is 58.9 Å². The van der Waals surface area contributed by atoms with Gasteiger partial charge in [0.25, 0.3) is 0 Å². The molecule has 17 atom stereocenters. The lowest BCUT2D eigenvalue weighted by Crippen LogP contribution is -2.56. The molecular formula is C70H99ClN8O7. The molecule has 7 aliphatic carbocycles. The summed E-state index contributed by atoms with van der Waals surface area (Å²) in [6.07, 6.45) is 25.9.